The number of aliphatic hydroxyl groups excluding tert-OH is 1. The highest BCUT2D eigenvalue weighted by Crippen LogP contribution is 2.72. The van der Waals surface area contributed by atoms with Gasteiger partial charge in [0.05, 0.1) is 11.5 Å². The first-order chi connectivity index (χ1) is 11.1. The Bertz CT molecular complexity index is 615. The molecule has 0 radical (unpaired) electrons. The van der Waals surface area contributed by atoms with Crippen molar-refractivity contribution in [3.8, 4) is 0 Å². The van der Waals surface area contributed by atoms with Crippen molar-refractivity contribution in [2.45, 2.75) is 78.2 Å². The van der Waals surface area contributed by atoms with Gasteiger partial charge in [-0.25, -0.2) is 0 Å². The molecule has 0 amide bonds. The lowest BCUT2D eigenvalue weighted by molar-refractivity contribution is -0.213. The summed E-state index contributed by atoms with van der Waals surface area (Å²) in [7, 11) is 0. The highest BCUT2D eigenvalue weighted by molar-refractivity contribution is 5.88. The van der Waals surface area contributed by atoms with Gasteiger partial charge in [0, 0.05) is 17.3 Å². The highest BCUT2D eigenvalue weighted by Gasteiger charge is 2.70. The number of aliphatic carboxylic acids is 1. The van der Waals surface area contributed by atoms with Crippen LogP contribution in [0, 0.1) is 33.5 Å². The number of Topliss-reactive ketones (excluding diaryl/α,β-unsaturated/α-hetero) is 1. The molecule has 4 heteroatoms. The molecule has 7 atom stereocenters. The van der Waals surface area contributed by atoms with Crippen molar-refractivity contribution >= 4 is 11.8 Å². The van der Waals surface area contributed by atoms with Gasteiger partial charge in [0.2, 0.25) is 0 Å². The molecule has 4 aliphatic carbocycles. The number of carbonyl (C=O) groups excluding carboxylic acids is 1. The van der Waals surface area contributed by atoms with E-state index in [0.29, 0.717) is 25.0 Å². The summed E-state index contributed by atoms with van der Waals surface area (Å²) in [5, 5.41) is 20.9. The van der Waals surface area contributed by atoms with E-state index < -0.39 is 17.5 Å². The van der Waals surface area contributed by atoms with Crippen LogP contribution in [0.1, 0.15) is 72.1 Å². The summed E-state index contributed by atoms with van der Waals surface area (Å²) >= 11 is 0. The van der Waals surface area contributed by atoms with Crippen LogP contribution in [0.25, 0.3) is 0 Å². The minimum Gasteiger partial charge on any atom is -0.481 e. The fourth-order valence-corrected chi connectivity index (χ4v) is 7.67. The first kappa shape index (κ1) is 16.6. The number of ketones is 1. The number of carbonyl (C=O) groups is 2. The van der Waals surface area contributed by atoms with Gasteiger partial charge in [-0.3, -0.25) is 9.59 Å². The van der Waals surface area contributed by atoms with Gasteiger partial charge in [-0.05, 0) is 69.1 Å². The van der Waals surface area contributed by atoms with E-state index in [1.165, 1.54) is 0 Å². The molecule has 134 valence electrons. The lowest BCUT2D eigenvalue weighted by Crippen LogP contribution is -2.63. The molecule has 4 rings (SSSR count). The van der Waals surface area contributed by atoms with E-state index in [2.05, 4.69) is 13.8 Å². The van der Waals surface area contributed by atoms with Crippen LogP contribution in [-0.2, 0) is 9.59 Å². The Balaban J connectivity index is 1.80. The van der Waals surface area contributed by atoms with Crippen LogP contribution in [0.4, 0.5) is 0 Å². The number of hydrogen-bond donors (Lipinski definition) is 2. The Morgan fingerprint density at radius 3 is 2.38 bits per heavy atom. The Morgan fingerprint density at radius 1 is 1.04 bits per heavy atom. The van der Waals surface area contributed by atoms with E-state index in [-0.39, 0.29) is 28.1 Å². The molecular weight excluding hydrogens is 304 g/mol. The van der Waals surface area contributed by atoms with Crippen LogP contribution >= 0.6 is 0 Å². The predicted octanol–water partition coefficient (Wildman–Crippen LogP) is 3.41. The maximum absolute atomic E-state index is 12.7. The van der Waals surface area contributed by atoms with E-state index in [0.717, 1.165) is 32.1 Å². The zero-order valence-electron chi connectivity index (χ0n) is 15.1. The van der Waals surface area contributed by atoms with E-state index in [1.54, 1.807) is 0 Å². The summed E-state index contributed by atoms with van der Waals surface area (Å²) < 4.78 is 0. The van der Waals surface area contributed by atoms with Crippen LogP contribution < -0.4 is 0 Å². The lowest BCUT2D eigenvalue weighted by Gasteiger charge is -2.65. The van der Waals surface area contributed by atoms with Crippen molar-refractivity contribution in [2.75, 3.05) is 0 Å². The molecule has 0 saturated heterocycles. The summed E-state index contributed by atoms with van der Waals surface area (Å²) in [5.74, 6) is -0.0396. The smallest absolute Gasteiger partial charge is 0.309 e. The predicted molar refractivity (Wildman–Crippen MR) is 89.3 cm³/mol. The second-order valence-electron chi connectivity index (χ2n) is 10.0. The van der Waals surface area contributed by atoms with E-state index >= 15 is 0 Å². The molecule has 0 aliphatic heterocycles. The monoisotopic (exact) mass is 334 g/mol. The quantitative estimate of drug-likeness (QED) is 0.770. The summed E-state index contributed by atoms with van der Waals surface area (Å²) in [6.45, 7) is 6.14. The molecule has 24 heavy (non-hydrogen) atoms. The Morgan fingerprint density at radius 2 is 1.71 bits per heavy atom. The average Bonchev–Trinajstić information content (AvgIpc) is 2.68. The van der Waals surface area contributed by atoms with Crippen LogP contribution in [0.2, 0.25) is 0 Å². The normalized spacial score (nSPS) is 56.5. The van der Waals surface area contributed by atoms with Crippen molar-refractivity contribution < 1.29 is 19.8 Å². The molecule has 2 bridgehead atoms. The molecular formula is C20H30O4. The van der Waals surface area contributed by atoms with Crippen LogP contribution in [0.5, 0.6) is 0 Å². The SMILES string of the molecule is C[C@@]12CC[C@@H]3[C@@](CC[C@H]4[C@@]3(C)[C@@H](O)CC[C@@]4(C)C(=O)O)(CC1=O)C2. The highest BCUT2D eigenvalue weighted by atomic mass is 16.4. The minimum absolute atomic E-state index is 0.00179. The standard InChI is InChI=1S/C20H30O4/c1-17-7-4-13-19(3)12(5-9-20(13,11-17)10-15(17)22)18(2,16(23)24)8-6-14(19)21/h12-14,21H,4-11H2,1-3H3,(H,23,24)/t12-,13+,14+,17+,18-,19-,20+/m1/s1. The van der Waals surface area contributed by atoms with Gasteiger partial charge in [-0.1, -0.05) is 13.8 Å². The van der Waals surface area contributed by atoms with Crippen molar-refractivity contribution in [1.29, 1.82) is 0 Å². The van der Waals surface area contributed by atoms with Gasteiger partial charge < -0.3 is 10.2 Å². The number of carboxylic acids is 1. The zero-order valence-corrected chi connectivity index (χ0v) is 15.1. The van der Waals surface area contributed by atoms with E-state index in [9.17, 15) is 19.8 Å². The van der Waals surface area contributed by atoms with Crippen LogP contribution in [-0.4, -0.2) is 28.1 Å². The van der Waals surface area contributed by atoms with E-state index in [1.807, 2.05) is 6.92 Å². The molecule has 1 spiro atoms. The fraction of sp³-hybridized carbons (Fsp3) is 0.900. The van der Waals surface area contributed by atoms with Gasteiger partial charge in [-0.15, -0.1) is 0 Å². The zero-order chi connectivity index (χ0) is 17.5. The summed E-state index contributed by atoms with van der Waals surface area (Å²) in [5.41, 5.74) is -1.29. The third-order valence-electron chi connectivity index (χ3n) is 9.00. The largest absolute Gasteiger partial charge is 0.481 e. The third kappa shape index (κ3) is 1.73. The molecule has 0 aromatic carbocycles. The van der Waals surface area contributed by atoms with Crippen molar-refractivity contribution in [3.63, 3.8) is 0 Å². The molecule has 0 heterocycles. The second-order valence-corrected chi connectivity index (χ2v) is 10.0. The van der Waals surface area contributed by atoms with E-state index in [4.69, 9.17) is 0 Å². The average molecular weight is 334 g/mol. The van der Waals surface area contributed by atoms with Crippen LogP contribution in [0.3, 0.4) is 0 Å². The number of rotatable bonds is 1. The third-order valence-corrected chi connectivity index (χ3v) is 9.00. The number of hydrogen-bond acceptors (Lipinski definition) is 3. The first-order valence-electron chi connectivity index (χ1n) is 9.53. The summed E-state index contributed by atoms with van der Waals surface area (Å²) in [6.07, 6.45) is 5.91. The maximum Gasteiger partial charge on any atom is 0.309 e. The molecule has 2 N–H and O–H groups in total. The fourth-order valence-electron chi connectivity index (χ4n) is 7.67. The van der Waals surface area contributed by atoms with Gasteiger partial charge >= 0.3 is 5.97 Å². The van der Waals surface area contributed by atoms with Gasteiger partial charge in [0.25, 0.3) is 0 Å². The topological polar surface area (TPSA) is 74.6 Å². The van der Waals surface area contributed by atoms with Crippen LogP contribution in [0.15, 0.2) is 0 Å². The summed E-state index contributed by atoms with van der Waals surface area (Å²) in [6, 6.07) is 0. The minimum atomic E-state index is -0.751. The number of aliphatic hydroxyl groups is 1. The number of fused-ring (bicyclic) bond motifs is 3. The Labute approximate surface area is 144 Å². The first-order valence-corrected chi connectivity index (χ1v) is 9.53. The molecule has 0 aromatic heterocycles. The second kappa shape index (κ2) is 4.63. The molecule has 4 nitrogen and oxygen atoms in total. The van der Waals surface area contributed by atoms with Gasteiger partial charge in [-0.2, -0.15) is 0 Å². The lowest BCUT2D eigenvalue weighted by atomic mass is 9.39. The van der Waals surface area contributed by atoms with Gasteiger partial charge in [0.15, 0.2) is 0 Å². The van der Waals surface area contributed by atoms with Crippen molar-refractivity contribution in [2.24, 2.45) is 33.5 Å². The molecule has 0 aromatic rings. The Hall–Kier alpha value is -0.900. The molecule has 0 unspecified atom stereocenters. The molecule has 4 saturated carbocycles. The van der Waals surface area contributed by atoms with Gasteiger partial charge in [0.1, 0.15) is 5.78 Å². The molecule has 4 aliphatic rings. The van der Waals surface area contributed by atoms with Crippen molar-refractivity contribution in [1.82, 2.24) is 0 Å². The summed E-state index contributed by atoms with van der Waals surface area (Å²) in [4.78, 5) is 24.7. The Kier molecular flexibility index (Phi) is 3.19. The van der Waals surface area contributed by atoms with Crippen molar-refractivity contribution in [3.05, 3.63) is 0 Å². The maximum atomic E-state index is 12.7. The number of carboxylic acid groups (broad SMARTS) is 1. The molecule has 4 fully saturated rings.